The number of hydrogen-bond donors (Lipinski definition) is 1. The SMILES string of the molecule is NC(Cc1cccc(F)c1)Cc1ccc(Cl)c(Cl)c1. The van der Waals surface area contributed by atoms with E-state index in [0.29, 0.717) is 22.9 Å². The van der Waals surface area contributed by atoms with E-state index in [9.17, 15) is 4.39 Å². The molecule has 2 rings (SSSR count). The van der Waals surface area contributed by atoms with Gasteiger partial charge < -0.3 is 5.73 Å². The van der Waals surface area contributed by atoms with Gasteiger partial charge in [0.25, 0.3) is 0 Å². The molecule has 0 bridgehead atoms. The average Bonchev–Trinajstić information content (AvgIpc) is 2.34. The predicted octanol–water partition coefficient (Wildman–Crippen LogP) is 4.25. The first-order valence-electron chi connectivity index (χ1n) is 5.98. The van der Waals surface area contributed by atoms with Crippen molar-refractivity contribution in [1.82, 2.24) is 0 Å². The van der Waals surface area contributed by atoms with Crippen LogP contribution in [0.5, 0.6) is 0 Å². The van der Waals surface area contributed by atoms with Gasteiger partial charge in [-0.15, -0.1) is 0 Å². The molecule has 100 valence electrons. The Kier molecular flexibility index (Phi) is 4.81. The van der Waals surface area contributed by atoms with Crippen LogP contribution in [0.1, 0.15) is 11.1 Å². The van der Waals surface area contributed by atoms with E-state index in [2.05, 4.69) is 0 Å². The van der Waals surface area contributed by atoms with Gasteiger partial charge in [0.1, 0.15) is 5.82 Å². The van der Waals surface area contributed by atoms with Gasteiger partial charge in [0.2, 0.25) is 0 Å². The fraction of sp³-hybridized carbons (Fsp3) is 0.200. The first-order chi connectivity index (χ1) is 9.04. The summed E-state index contributed by atoms with van der Waals surface area (Å²) in [6.45, 7) is 0. The third-order valence-electron chi connectivity index (χ3n) is 2.87. The summed E-state index contributed by atoms with van der Waals surface area (Å²) in [5.74, 6) is -0.237. The van der Waals surface area contributed by atoms with Crippen LogP contribution in [0.2, 0.25) is 10.0 Å². The molecule has 0 aliphatic rings. The Balaban J connectivity index is 2.01. The molecule has 4 heteroatoms. The summed E-state index contributed by atoms with van der Waals surface area (Å²) in [5, 5.41) is 1.06. The Hall–Kier alpha value is -1.09. The van der Waals surface area contributed by atoms with Crippen LogP contribution in [0.25, 0.3) is 0 Å². The van der Waals surface area contributed by atoms with Crippen molar-refractivity contribution in [2.45, 2.75) is 18.9 Å². The molecule has 0 saturated heterocycles. The summed E-state index contributed by atoms with van der Waals surface area (Å²) in [4.78, 5) is 0. The number of nitrogens with two attached hydrogens (primary N) is 1. The Morgan fingerprint density at radius 2 is 1.63 bits per heavy atom. The molecule has 0 aliphatic heterocycles. The highest BCUT2D eigenvalue weighted by Gasteiger charge is 2.08. The van der Waals surface area contributed by atoms with Gasteiger partial charge in [0.05, 0.1) is 10.0 Å². The molecule has 0 fully saturated rings. The second kappa shape index (κ2) is 6.38. The van der Waals surface area contributed by atoms with Crippen LogP contribution in [-0.4, -0.2) is 6.04 Å². The highest BCUT2D eigenvalue weighted by molar-refractivity contribution is 6.42. The van der Waals surface area contributed by atoms with Crippen molar-refractivity contribution < 1.29 is 4.39 Å². The zero-order valence-electron chi connectivity index (χ0n) is 10.2. The number of benzene rings is 2. The van der Waals surface area contributed by atoms with E-state index in [1.54, 1.807) is 12.1 Å². The van der Waals surface area contributed by atoms with Crippen LogP contribution < -0.4 is 5.73 Å². The first-order valence-corrected chi connectivity index (χ1v) is 6.74. The molecule has 1 unspecified atom stereocenters. The number of halogens is 3. The quantitative estimate of drug-likeness (QED) is 0.897. The summed E-state index contributed by atoms with van der Waals surface area (Å²) in [5.41, 5.74) is 8.00. The van der Waals surface area contributed by atoms with Gasteiger partial charge in [-0.05, 0) is 48.2 Å². The minimum absolute atomic E-state index is 0.0842. The molecule has 1 nitrogen and oxygen atoms in total. The standard InChI is InChI=1S/C15H14Cl2FN/c16-14-5-4-11(9-15(14)17)8-13(19)7-10-2-1-3-12(18)6-10/h1-6,9,13H,7-8,19H2. The normalized spacial score (nSPS) is 12.4. The predicted molar refractivity (Wildman–Crippen MR) is 78.2 cm³/mol. The molecule has 0 amide bonds. The van der Waals surface area contributed by atoms with Crippen LogP contribution in [0.4, 0.5) is 4.39 Å². The zero-order valence-corrected chi connectivity index (χ0v) is 11.8. The van der Waals surface area contributed by atoms with E-state index in [1.807, 2.05) is 18.2 Å². The van der Waals surface area contributed by atoms with E-state index < -0.39 is 0 Å². The van der Waals surface area contributed by atoms with Crippen LogP contribution in [0, 0.1) is 5.82 Å². The minimum Gasteiger partial charge on any atom is -0.327 e. The molecule has 1 atom stereocenters. The van der Waals surface area contributed by atoms with Crippen LogP contribution in [0.15, 0.2) is 42.5 Å². The highest BCUT2D eigenvalue weighted by atomic mass is 35.5. The minimum atomic E-state index is -0.237. The van der Waals surface area contributed by atoms with Crippen molar-refractivity contribution in [2.24, 2.45) is 5.73 Å². The van der Waals surface area contributed by atoms with Gasteiger partial charge in [0.15, 0.2) is 0 Å². The monoisotopic (exact) mass is 297 g/mol. The molecular formula is C15H14Cl2FN. The van der Waals surface area contributed by atoms with E-state index in [-0.39, 0.29) is 11.9 Å². The van der Waals surface area contributed by atoms with Crippen molar-refractivity contribution >= 4 is 23.2 Å². The van der Waals surface area contributed by atoms with E-state index in [1.165, 1.54) is 12.1 Å². The fourth-order valence-electron chi connectivity index (χ4n) is 2.01. The Morgan fingerprint density at radius 3 is 2.26 bits per heavy atom. The van der Waals surface area contributed by atoms with Gasteiger partial charge in [0, 0.05) is 6.04 Å². The molecule has 19 heavy (non-hydrogen) atoms. The molecule has 0 radical (unpaired) electrons. The lowest BCUT2D eigenvalue weighted by Crippen LogP contribution is -2.25. The number of hydrogen-bond acceptors (Lipinski definition) is 1. The van der Waals surface area contributed by atoms with Gasteiger partial charge in [-0.25, -0.2) is 4.39 Å². The van der Waals surface area contributed by atoms with Gasteiger partial charge in [-0.2, -0.15) is 0 Å². The maximum absolute atomic E-state index is 13.1. The molecule has 0 heterocycles. The van der Waals surface area contributed by atoms with Crippen molar-refractivity contribution in [3.05, 3.63) is 69.5 Å². The van der Waals surface area contributed by atoms with Crippen molar-refractivity contribution in [3.63, 3.8) is 0 Å². The van der Waals surface area contributed by atoms with E-state index >= 15 is 0 Å². The Bertz CT molecular complexity index is 572. The second-order valence-corrected chi connectivity index (χ2v) is 5.36. The molecule has 0 aromatic heterocycles. The van der Waals surface area contributed by atoms with Crippen molar-refractivity contribution in [1.29, 1.82) is 0 Å². The van der Waals surface area contributed by atoms with Crippen LogP contribution >= 0.6 is 23.2 Å². The van der Waals surface area contributed by atoms with Gasteiger partial charge in [-0.3, -0.25) is 0 Å². The topological polar surface area (TPSA) is 26.0 Å². The van der Waals surface area contributed by atoms with E-state index in [4.69, 9.17) is 28.9 Å². The van der Waals surface area contributed by atoms with Crippen molar-refractivity contribution in [3.8, 4) is 0 Å². The zero-order chi connectivity index (χ0) is 13.8. The molecule has 2 N–H and O–H groups in total. The Morgan fingerprint density at radius 1 is 0.947 bits per heavy atom. The summed E-state index contributed by atoms with van der Waals surface area (Å²) in [6, 6.07) is 11.9. The average molecular weight is 298 g/mol. The summed E-state index contributed by atoms with van der Waals surface area (Å²) >= 11 is 11.8. The fourth-order valence-corrected chi connectivity index (χ4v) is 2.33. The first kappa shape index (κ1) is 14.3. The molecular weight excluding hydrogens is 284 g/mol. The summed E-state index contributed by atoms with van der Waals surface area (Å²) in [6.07, 6.45) is 1.30. The molecule has 2 aromatic carbocycles. The van der Waals surface area contributed by atoms with Crippen molar-refractivity contribution in [2.75, 3.05) is 0 Å². The lowest BCUT2D eigenvalue weighted by atomic mass is 10.00. The number of rotatable bonds is 4. The second-order valence-electron chi connectivity index (χ2n) is 4.55. The smallest absolute Gasteiger partial charge is 0.123 e. The van der Waals surface area contributed by atoms with Gasteiger partial charge in [-0.1, -0.05) is 41.4 Å². The summed E-state index contributed by atoms with van der Waals surface area (Å²) < 4.78 is 13.1. The van der Waals surface area contributed by atoms with E-state index in [0.717, 1.165) is 11.1 Å². The van der Waals surface area contributed by atoms with Gasteiger partial charge >= 0.3 is 0 Å². The molecule has 0 spiro atoms. The largest absolute Gasteiger partial charge is 0.327 e. The van der Waals surface area contributed by atoms with Crippen LogP contribution in [0.3, 0.4) is 0 Å². The molecule has 0 saturated carbocycles. The maximum atomic E-state index is 13.1. The third kappa shape index (κ3) is 4.20. The summed E-state index contributed by atoms with van der Waals surface area (Å²) in [7, 11) is 0. The molecule has 0 aliphatic carbocycles. The maximum Gasteiger partial charge on any atom is 0.123 e. The third-order valence-corrected chi connectivity index (χ3v) is 3.61. The lowest BCUT2D eigenvalue weighted by Gasteiger charge is -2.12. The molecule has 2 aromatic rings. The highest BCUT2D eigenvalue weighted by Crippen LogP contribution is 2.23. The Labute approximate surface area is 122 Å². The lowest BCUT2D eigenvalue weighted by molar-refractivity contribution is 0.618. The van der Waals surface area contributed by atoms with Crippen LogP contribution in [-0.2, 0) is 12.8 Å².